The van der Waals surface area contributed by atoms with Gasteiger partial charge < -0.3 is 0 Å². The van der Waals surface area contributed by atoms with E-state index in [1.165, 1.54) is 10.8 Å². The van der Waals surface area contributed by atoms with Gasteiger partial charge in [0.15, 0.2) is 0 Å². The Hall–Kier alpha value is -1.96. The van der Waals surface area contributed by atoms with Gasteiger partial charge in [0, 0.05) is 11.6 Å². The average molecular weight is 194 g/mol. The van der Waals surface area contributed by atoms with Crippen LogP contribution in [-0.4, -0.2) is 9.97 Å². The van der Waals surface area contributed by atoms with Gasteiger partial charge in [0.05, 0.1) is 16.7 Å². The van der Waals surface area contributed by atoms with E-state index in [9.17, 15) is 0 Å². The third-order valence-electron chi connectivity index (χ3n) is 2.56. The fourth-order valence-corrected chi connectivity index (χ4v) is 1.85. The molecule has 72 valence electrons. The first-order valence-electron chi connectivity index (χ1n) is 4.96. The van der Waals surface area contributed by atoms with E-state index in [2.05, 4.69) is 28.2 Å². The standard InChI is InChI=1S/C13H10N2/c1-9-8-14-13-11-5-3-2-4-10(11)6-7-12(13)15-9/h2-8H,1H3. The second kappa shape index (κ2) is 3.02. The minimum absolute atomic E-state index is 0.956. The van der Waals surface area contributed by atoms with E-state index in [4.69, 9.17) is 0 Å². The first-order valence-corrected chi connectivity index (χ1v) is 4.96. The van der Waals surface area contributed by atoms with Gasteiger partial charge in [0.25, 0.3) is 0 Å². The number of aryl methyl sites for hydroxylation is 1. The number of hydrogen-bond acceptors (Lipinski definition) is 2. The van der Waals surface area contributed by atoms with Crippen LogP contribution in [0.4, 0.5) is 0 Å². The van der Waals surface area contributed by atoms with Crippen molar-refractivity contribution < 1.29 is 0 Å². The Morgan fingerprint density at radius 2 is 1.87 bits per heavy atom. The zero-order valence-electron chi connectivity index (χ0n) is 8.44. The molecular weight excluding hydrogens is 184 g/mol. The summed E-state index contributed by atoms with van der Waals surface area (Å²) < 4.78 is 0. The molecular formula is C13H10N2. The lowest BCUT2D eigenvalue weighted by molar-refractivity contribution is 1.19. The molecule has 0 saturated carbocycles. The number of hydrogen-bond donors (Lipinski definition) is 0. The summed E-state index contributed by atoms with van der Waals surface area (Å²) in [6, 6.07) is 12.4. The SMILES string of the molecule is Cc1cnc2c(ccc3ccccc32)n1. The molecule has 0 N–H and O–H groups in total. The number of nitrogens with zero attached hydrogens (tertiary/aromatic N) is 2. The van der Waals surface area contributed by atoms with Crippen LogP contribution < -0.4 is 0 Å². The van der Waals surface area contributed by atoms with Gasteiger partial charge in [-0.05, 0) is 18.4 Å². The predicted octanol–water partition coefficient (Wildman–Crippen LogP) is 3.09. The second-order valence-electron chi connectivity index (χ2n) is 3.67. The summed E-state index contributed by atoms with van der Waals surface area (Å²) in [6.45, 7) is 1.96. The highest BCUT2D eigenvalue weighted by Crippen LogP contribution is 2.21. The smallest absolute Gasteiger partial charge is 0.0965 e. The second-order valence-corrected chi connectivity index (χ2v) is 3.67. The molecule has 0 fully saturated rings. The Morgan fingerprint density at radius 1 is 1.00 bits per heavy atom. The number of aromatic nitrogens is 2. The quantitative estimate of drug-likeness (QED) is 0.514. The van der Waals surface area contributed by atoms with Gasteiger partial charge >= 0.3 is 0 Å². The Morgan fingerprint density at radius 3 is 2.80 bits per heavy atom. The van der Waals surface area contributed by atoms with Gasteiger partial charge in [-0.3, -0.25) is 4.98 Å². The van der Waals surface area contributed by atoms with Crippen molar-refractivity contribution in [3.05, 3.63) is 48.3 Å². The largest absolute Gasteiger partial charge is 0.252 e. The van der Waals surface area contributed by atoms with Crippen LogP contribution in [0.3, 0.4) is 0 Å². The molecule has 2 aromatic carbocycles. The van der Waals surface area contributed by atoms with Crippen molar-refractivity contribution in [1.82, 2.24) is 9.97 Å². The molecule has 2 heteroatoms. The third-order valence-corrected chi connectivity index (χ3v) is 2.56. The highest BCUT2D eigenvalue weighted by Gasteiger charge is 2.01. The van der Waals surface area contributed by atoms with E-state index < -0.39 is 0 Å². The highest BCUT2D eigenvalue weighted by atomic mass is 14.8. The van der Waals surface area contributed by atoms with Crippen LogP contribution in [0.25, 0.3) is 21.8 Å². The van der Waals surface area contributed by atoms with Crippen molar-refractivity contribution in [2.24, 2.45) is 0 Å². The van der Waals surface area contributed by atoms with Crippen molar-refractivity contribution >= 4 is 21.8 Å². The van der Waals surface area contributed by atoms with Crippen LogP contribution in [0.15, 0.2) is 42.6 Å². The van der Waals surface area contributed by atoms with E-state index in [1.807, 2.05) is 31.3 Å². The first kappa shape index (κ1) is 8.36. The number of benzene rings is 2. The van der Waals surface area contributed by atoms with Crippen LogP contribution in [0.2, 0.25) is 0 Å². The summed E-state index contributed by atoms with van der Waals surface area (Å²) >= 11 is 0. The molecule has 1 aromatic heterocycles. The summed E-state index contributed by atoms with van der Waals surface area (Å²) in [5.74, 6) is 0. The van der Waals surface area contributed by atoms with Crippen LogP contribution >= 0.6 is 0 Å². The summed E-state index contributed by atoms with van der Waals surface area (Å²) in [4.78, 5) is 8.91. The van der Waals surface area contributed by atoms with Crippen LogP contribution in [-0.2, 0) is 0 Å². The van der Waals surface area contributed by atoms with E-state index in [0.717, 1.165) is 16.7 Å². The third kappa shape index (κ3) is 1.26. The molecule has 15 heavy (non-hydrogen) atoms. The van der Waals surface area contributed by atoms with Crippen LogP contribution in [0.5, 0.6) is 0 Å². The van der Waals surface area contributed by atoms with Crippen molar-refractivity contribution in [1.29, 1.82) is 0 Å². The Labute approximate surface area is 87.6 Å². The minimum Gasteiger partial charge on any atom is -0.252 e. The van der Waals surface area contributed by atoms with Gasteiger partial charge in [-0.2, -0.15) is 0 Å². The molecule has 1 heterocycles. The topological polar surface area (TPSA) is 25.8 Å². The number of fused-ring (bicyclic) bond motifs is 3. The Kier molecular flexibility index (Phi) is 1.68. The van der Waals surface area contributed by atoms with Crippen molar-refractivity contribution in [3.63, 3.8) is 0 Å². The summed E-state index contributed by atoms with van der Waals surface area (Å²) in [5, 5.41) is 2.38. The molecule has 3 aromatic rings. The molecule has 0 aliphatic heterocycles. The molecule has 0 bridgehead atoms. The minimum atomic E-state index is 0.956. The molecule has 0 saturated heterocycles. The Bertz CT molecular complexity index is 644. The average Bonchev–Trinajstić information content (AvgIpc) is 2.28. The molecule has 0 radical (unpaired) electrons. The molecule has 0 aliphatic rings. The maximum Gasteiger partial charge on any atom is 0.0965 e. The molecule has 0 spiro atoms. The molecule has 0 unspecified atom stereocenters. The summed E-state index contributed by atoms with van der Waals surface area (Å²) in [6.07, 6.45) is 1.81. The lowest BCUT2D eigenvalue weighted by Crippen LogP contribution is -1.87. The highest BCUT2D eigenvalue weighted by molar-refractivity contribution is 6.03. The molecule has 0 amide bonds. The van der Waals surface area contributed by atoms with Gasteiger partial charge in [0.2, 0.25) is 0 Å². The zero-order chi connectivity index (χ0) is 10.3. The molecule has 0 atom stereocenters. The fraction of sp³-hybridized carbons (Fsp3) is 0.0769. The van der Waals surface area contributed by atoms with Crippen molar-refractivity contribution in [3.8, 4) is 0 Å². The maximum atomic E-state index is 4.46. The number of rotatable bonds is 0. The maximum absolute atomic E-state index is 4.46. The molecule has 2 nitrogen and oxygen atoms in total. The van der Waals surface area contributed by atoms with Gasteiger partial charge in [-0.15, -0.1) is 0 Å². The van der Waals surface area contributed by atoms with Crippen LogP contribution in [0.1, 0.15) is 5.69 Å². The first-order chi connectivity index (χ1) is 7.34. The predicted molar refractivity (Wildman–Crippen MR) is 61.8 cm³/mol. The van der Waals surface area contributed by atoms with Crippen molar-refractivity contribution in [2.45, 2.75) is 6.92 Å². The van der Waals surface area contributed by atoms with Gasteiger partial charge in [0.1, 0.15) is 0 Å². The lowest BCUT2D eigenvalue weighted by atomic mass is 10.1. The summed E-state index contributed by atoms with van der Waals surface area (Å²) in [7, 11) is 0. The molecule has 0 aliphatic carbocycles. The van der Waals surface area contributed by atoms with E-state index in [0.29, 0.717) is 0 Å². The zero-order valence-corrected chi connectivity index (χ0v) is 8.44. The van der Waals surface area contributed by atoms with E-state index >= 15 is 0 Å². The van der Waals surface area contributed by atoms with E-state index in [-0.39, 0.29) is 0 Å². The monoisotopic (exact) mass is 194 g/mol. The van der Waals surface area contributed by atoms with E-state index in [1.54, 1.807) is 0 Å². The normalized spacial score (nSPS) is 11.0. The fourth-order valence-electron chi connectivity index (χ4n) is 1.85. The lowest BCUT2D eigenvalue weighted by Gasteiger charge is -2.02. The molecule has 3 rings (SSSR count). The van der Waals surface area contributed by atoms with Gasteiger partial charge in [-0.25, -0.2) is 4.98 Å². The summed E-state index contributed by atoms with van der Waals surface area (Å²) in [5.41, 5.74) is 2.91. The van der Waals surface area contributed by atoms with Gasteiger partial charge in [-0.1, -0.05) is 30.3 Å². The Balaban J connectivity index is 2.55. The van der Waals surface area contributed by atoms with Crippen molar-refractivity contribution in [2.75, 3.05) is 0 Å². The van der Waals surface area contributed by atoms with Crippen LogP contribution in [0, 0.1) is 6.92 Å².